The van der Waals surface area contributed by atoms with Crippen molar-refractivity contribution in [2.45, 2.75) is 31.3 Å². The van der Waals surface area contributed by atoms with Crippen molar-refractivity contribution in [1.82, 2.24) is 4.98 Å². The van der Waals surface area contributed by atoms with E-state index in [9.17, 15) is 23.1 Å². The number of carboxylic acid groups (broad SMARTS) is 1. The van der Waals surface area contributed by atoms with Gasteiger partial charge in [-0.25, -0.2) is 0 Å². The van der Waals surface area contributed by atoms with Crippen molar-refractivity contribution in [3.63, 3.8) is 0 Å². The van der Waals surface area contributed by atoms with Crippen LogP contribution in [0.15, 0.2) is 72.8 Å². The van der Waals surface area contributed by atoms with Crippen molar-refractivity contribution in [2.75, 3.05) is 6.61 Å². The molecule has 0 spiro atoms. The Kier molecular flexibility index (Phi) is 8.37. The van der Waals surface area contributed by atoms with Gasteiger partial charge < -0.3 is 0 Å². The molecule has 0 saturated heterocycles. The first-order valence-corrected chi connectivity index (χ1v) is 14.0. The summed E-state index contributed by atoms with van der Waals surface area (Å²) < 4.78 is 45.4. The van der Waals surface area contributed by atoms with Gasteiger partial charge in [0.15, 0.2) is 0 Å². The number of halogens is 3. The second kappa shape index (κ2) is 11.5. The van der Waals surface area contributed by atoms with Gasteiger partial charge in [-0.05, 0) is 0 Å². The van der Waals surface area contributed by atoms with Gasteiger partial charge in [-0.2, -0.15) is 0 Å². The number of carbonyl (C=O) groups is 1. The van der Waals surface area contributed by atoms with Crippen molar-refractivity contribution in [2.24, 2.45) is 0 Å². The molecule has 0 N–H and O–H groups in total. The maximum atomic E-state index is 13.0. The molecule has 1 atom stereocenters. The molecule has 0 fully saturated rings. The Morgan fingerprint density at radius 2 is 1.76 bits per heavy atom. The van der Waals surface area contributed by atoms with Gasteiger partial charge in [0.1, 0.15) is 0 Å². The fraction of sp³-hybridized carbons (Fsp3) is 0.214. The molecule has 0 aliphatic rings. The fourth-order valence-electron chi connectivity index (χ4n) is 3.81. The topological polar surface area (TPSA) is 62.2 Å². The Hall–Kier alpha value is -3.13. The molecule has 4 aromatic rings. The Balaban J connectivity index is 1.63. The molecule has 0 amide bonds. The van der Waals surface area contributed by atoms with Crippen LogP contribution in [0.5, 0.6) is 5.75 Å². The number of alkyl halides is 3. The van der Waals surface area contributed by atoms with Crippen LogP contribution in [0, 0.1) is 13.8 Å². The number of ether oxygens (including phenoxy) is 1. The van der Waals surface area contributed by atoms with Crippen LogP contribution in [0.25, 0.3) is 10.6 Å². The summed E-state index contributed by atoms with van der Waals surface area (Å²) in [6.45, 7) is 3.31. The molecule has 0 saturated carbocycles. The van der Waals surface area contributed by atoms with Crippen LogP contribution in [0.2, 0.25) is 0 Å². The molecule has 37 heavy (non-hydrogen) atoms. The van der Waals surface area contributed by atoms with E-state index in [2.05, 4.69) is 12.1 Å². The first-order valence-electron chi connectivity index (χ1n) is 11.4. The summed E-state index contributed by atoms with van der Waals surface area (Å²) in [7, 11) is 0. The van der Waals surface area contributed by atoms with Crippen LogP contribution >= 0.6 is 11.3 Å². The Bertz CT molecular complexity index is 1370. The van der Waals surface area contributed by atoms with Crippen molar-refractivity contribution >= 4 is 36.7 Å². The van der Waals surface area contributed by atoms with Gasteiger partial charge in [-0.15, -0.1) is 0 Å². The van der Waals surface area contributed by atoms with E-state index in [0.29, 0.717) is 16.3 Å². The zero-order valence-electron chi connectivity index (χ0n) is 20.0. The van der Waals surface area contributed by atoms with Crippen molar-refractivity contribution in [3.05, 3.63) is 100 Å². The van der Waals surface area contributed by atoms with Crippen LogP contribution in [0.3, 0.4) is 0 Å². The number of aliphatic carboxylic acids is 1. The summed E-state index contributed by atoms with van der Waals surface area (Å²) in [6, 6.07) is 21.0. The third-order valence-electron chi connectivity index (χ3n) is 5.62. The molecule has 1 heterocycles. The second-order valence-electron chi connectivity index (χ2n) is 8.43. The van der Waals surface area contributed by atoms with E-state index >= 15 is 0 Å². The third kappa shape index (κ3) is 7.00. The van der Waals surface area contributed by atoms with Gasteiger partial charge >= 0.3 is 224 Å². The Morgan fingerprint density at radius 1 is 1.05 bits per heavy atom. The molecular weight excluding hydrogens is 566 g/mol. The van der Waals surface area contributed by atoms with Gasteiger partial charge in [0.2, 0.25) is 0 Å². The number of hydrogen-bond donors (Lipinski definition) is 0. The number of nitrogens with zero attached hydrogens (tertiary/aromatic N) is 1. The second-order valence-corrected chi connectivity index (χ2v) is 12.1. The van der Waals surface area contributed by atoms with E-state index in [0.717, 1.165) is 39.1 Å². The molecule has 0 bridgehead atoms. The number of aryl methyl sites for hydroxylation is 2. The third-order valence-corrected chi connectivity index (χ3v) is 9.82. The van der Waals surface area contributed by atoms with Crippen LogP contribution in [-0.4, -0.2) is 32.5 Å². The minimum absolute atomic E-state index is 0.0117. The molecule has 4 rings (SSSR count). The van der Waals surface area contributed by atoms with E-state index in [1.54, 1.807) is 6.07 Å². The SMILES string of the molecule is Cc1cc([Se]C(Cc2ccccc2)c2sc(-c3ccc(C(F)(F)F)cc3)nc2C)ccc1OCC(=O)[O-]. The van der Waals surface area contributed by atoms with E-state index in [1.165, 1.54) is 29.0 Å². The standard InChI is InChI=1S/C28H24F3NO3SSe/c1-17-14-22(12-13-23(17)35-16-25(33)34)37-24(15-19-6-4-3-5-7-19)26-18(2)32-27(36-26)20-8-10-21(11-9-20)28(29,30)31/h3-14,24H,15-16H2,1-2H3,(H,33,34)/p-1. The Labute approximate surface area is 223 Å². The number of thiazole rings is 1. The number of benzene rings is 3. The van der Waals surface area contributed by atoms with Crippen LogP contribution in [0.4, 0.5) is 13.2 Å². The van der Waals surface area contributed by atoms with E-state index in [4.69, 9.17) is 9.72 Å². The number of aromatic nitrogens is 1. The average Bonchev–Trinajstić information content (AvgIpc) is 3.25. The summed E-state index contributed by atoms with van der Waals surface area (Å²) in [5.74, 6) is -0.776. The molecule has 0 radical (unpaired) electrons. The van der Waals surface area contributed by atoms with Gasteiger partial charge in [0.05, 0.1) is 0 Å². The van der Waals surface area contributed by atoms with E-state index in [1.807, 2.05) is 44.2 Å². The molecule has 0 aliphatic carbocycles. The number of rotatable bonds is 9. The predicted molar refractivity (Wildman–Crippen MR) is 137 cm³/mol. The van der Waals surface area contributed by atoms with E-state index in [-0.39, 0.29) is 19.8 Å². The summed E-state index contributed by atoms with van der Waals surface area (Å²) in [5, 5.41) is 11.4. The molecule has 9 heteroatoms. The van der Waals surface area contributed by atoms with Gasteiger partial charge in [-0.3, -0.25) is 0 Å². The molecule has 4 nitrogen and oxygen atoms in total. The van der Waals surface area contributed by atoms with Gasteiger partial charge in [0, 0.05) is 0 Å². The minimum atomic E-state index is -4.38. The van der Waals surface area contributed by atoms with E-state index < -0.39 is 24.3 Å². The number of carboxylic acids is 1. The quantitative estimate of drug-likeness (QED) is 0.261. The van der Waals surface area contributed by atoms with Gasteiger partial charge in [-0.1, -0.05) is 0 Å². The number of hydrogen-bond acceptors (Lipinski definition) is 5. The predicted octanol–water partition coefficient (Wildman–Crippen LogP) is 4.89. The number of carbonyl (C=O) groups excluding carboxylic acids is 1. The zero-order valence-corrected chi connectivity index (χ0v) is 22.6. The first kappa shape index (κ1) is 26.9. The fourth-order valence-corrected chi connectivity index (χ4v) is 8.08. The van der Waals surface area contributed by atoms with Crippen molar-refractivity contribution in [1.29, 1.82) is 0 Å². The first-order chi connectivity index (χ1) is 17.6. The monoisotopic (exact) mass is 590 g/mol. The summed E-state index contributed by atoms with van der Waals surface area (Å²) in [5.41, 5.74) is 2.86. The van der Waals surface area contributed by atoms with Crippen LogP contribution < -0.4 is 14.3 Å². The molecule has 3 aromatic carbocycles. The van der Waals surface area contributed by atoms with Crippen molar-refractivity contribution in [3.8, 4) is 16.3 Å². The maximum absolute atomic E-state index is 13.0. The normalized spacial score (nSPS) is 12.4. The molecule has 1 unspecified atom stereocenters. The molecule has 1 aromatic heterocycles. The molecule has 0 aliphatic heterocycles. The summed E-state index contributed by atoms with van der Waals surface area (Å²) >= 11 is 1.51. The summed E-state index contributed by atoms with van der Waals surface area (Å²) in [6.07, 6.45) is -3.59. The molecular formula is C28H23F3NO3SSe-. The van der Waals surface area contributed by atoms with Gasteiger partial charge in [0.25, 0.3) is 0 Å². The Morgan fingerprint density at radius 3 is 2.38 bits per heavy atom. The average molecular weight is 590 g/mol. The molecule has 192 valence electrons. The summed E-state index contributed by atoms with van der Waals surface area (Å²) in [4.78, 5) is 16.7. The van der Waals surface area contributed by atoms with Crippen LogP contribution in [0.1, 0.15) is 32.1 Å². The van der Waals surface area contributed by atoms with Crippen molar-refractivity contribution < 1.29 is 27.8 Å². The van der Waals surface area contributed by atoms with Crippen LogP contribution in [-0.2, 0) is 17.4 Å². The zero-order chi connectivity index (χ0) is 26.6.